The number of amides is 2. The molecule has 0 aliphatic carbocycles. The van der Waals surface area contributed by atoms with Gasteiger partial charge in [0.05, 0.1) is 16.4 Å². The van der Waals surface area contributed by atoms with Gasteiger partial charge in [-0.15, -0.1) is 0 Å². The molecule has 0 spiro atoms. The Hall–Kier alpha value is -3.12. The molecule has 4 rings (SSSR count). The number of benzene rings is 2. The Morgan fingerprint density at radius 3 is 2.33 bits per heavy atom. The van der Waals surface area contributed by atoms with E-state index in [9.17, 15) is 14.0 Å². The molecule has 30 heavy (non-hydrogen) atoms. The van der Waals surface area contributed by atoms with Gasteiger partial charge in [0.15, 0.2) is 0 Å². The lowest BCUT2D eigenvalue weighted by molar-refractivity contribution is 0.0724. The first-order chi connectivity index (χ1) is 14.5. The van der Waals surface area contributed by atoms with Crippen molar-refractivity contribution in [1.29, 1.82) is 0 Å². The summed E-state index contributed by atoms with van der Waals surface area (Å²) >= 11 is 6.23. The Labute approximate surface area is 179 Å². The molecule has 1 fully saturated rings. The van der Waals surface area contributed by atoms with Crippen LogP contribution in [0.15, 0.2) is 60.9 Å². The van der Waals surface area contributed by atoms with Gasteiger partial charge in [-0.1, -0.05) is 11.6 Å². The second-order valence-electron chi connectivity index (χ2n) is 7.26. The number of carbonyl (C=O) groups excluding carboxylic acids is 2. The van der Waals surface area contributed by atoms with Crippen molar-refractivity contribution >= 4 is 29.1 Å². The summed E-state index contributed by atoms with van der Waals surface area (Å²) in [5.74, 6) is -1.10. The number of rotatable bonds is 4. The molecule has 0 bridgehead atoms. The lowest BCUT2D eigenvalue weighted by Gasteiger charge is -2.27. The van der Waals surface area contributed by atoms with Crippen LogP contribution < -0.4 is 5.32 Å². The summed E-state index contributed by atoms with van der Waals surface area (Å²) in [6.45, 7) is 1.46. The molecule has 1 aliphatic heterocycles. The highest BCUT2D eigenvalue weighted by molar-refractivity contribution is 6.34. The summed E-state index contributed by atoms with van der Waals surface area (Å²) in [6, 6.07) is 12.7. The van der Waals surface area contributed by atoms with E-state index in [1.54, 1.807) is 59.4 Å². The first-order valence-corrected chi connectivity index (χ1v) is 10.2. The average molecular weight is 426 g/mol. The van der Waals surface area contributed by atoms with E-state index in [-0.39, 0.29) is 11.5 Å². The summed E-state index contributed by atoms with van der Waals surface area (Å²) in [6.07, 6.45) is 6.57. The number of likely N-dealkylation sites (tertiary alicyclic amines) is 1. The molecule has 0 atom stereocenters. The second kappa shape index (κ2) is 8.71. The highest BCUT2D eigenvalue weighted by Crippen LogP contribution is 2.26. The quantitative estimate of drug-likeness (QED) is 0.628. The van der Waals surface area contributed by atoms with Gasteiger partial charge < -0.3 is 14.8 Å². The first kappa shape index (κ1) is 20.2. The van der Waals surface area contributed by atoms with Crippen LogP contribution in [0.3, 0.4) is 0 Å². The summed E-state index contributed by atoms with van der Waals surface area (Å²) in [7, 11) is 0. The minimum atomic E-state index is -0.515. The third-order valence-corrected chi connectivity index (χ3v) is 5.53. The maximum atomic E-state index is 14.5. The first-order valence-electron chi connectivity index (χ1n) is 9.86. The fraction of sp³-hybridized carbons (Fsp3) is 0.217. The minimum absolute atomic E-state index is 0.0796. The van der Waals surface area contributed by atoms with Gasteiger partial charge >= 0.3 is 0 Å². The third kappa shape index (κ3) is 4.24. The van der Waals surface area contributed by atoms with E-state index in [0.717, 1.165) is 32.4 Å². The molecule has 7 heteroatoms. The van der Waals surface area contributed by atoms with Crippen LogP contribution in [0.25, 0.3) is 5.69 Å². The van der Waals surface area contributed by atoms with Crippen LogP contribution in [0, 0.1) is 5.82 Å². The van der Waals surface area contributed by atoms with Crippen LogP contribution in [0.4, 0.5) is 10.1 Å². The maximum Gasteiger partial charge on any atom is 0.255 e. The van der Waals surface area contributed by atoms with Crippen molar-refractivity contribution in [3.05, 3.63) is 82.9 Å². The summed E-state index contributed by atoms with van der Waals surface area (Å²) in [5.41, 5.74) is 1.29. The molecule has 0 saturated carbocycles. The molecule has 2 heterocycles. The molecule has 3 aromatic rings. The maximum absolute atomic E-state index is 14.5. The third-order valence-electron chi connectivity index (χ3n) is 5.20. The number of hydrogen-bond donors (Lipinski definition) is 1. The standard InChI is InChI=1S/C23H21ClFN3O2/c24-18-8-6-17(23(30)28-12-2-1-3-13-28)15-20(18)26-22(29)16-7-9-21(19(25)14-16)27-10-4-5-11-27/h4-11,14-15H,1-3,12-13H2,(H,26,29). The Morgan fingerprint density at radius 1 is 0.933 bits per heavy atom. The minimum Gasteiger partial charge on any atom is -0.339 e. The predicted molar refractivity (Wildman–Crippen MR) is 115 cm³/mol. The van der Waals surface area contributed by atoms with Gasteiger partial charge in [-0.2, -0.15) is 0 Å². The van der Waals surface area contributed by atoms with Crippen molar-refractivity contribution in [3.63, 3.8) is 0 Å². The van der Waals surface area contributed by atoms with E-state index < -0.39 is 11.7 Å². The normalized spacial score (nSPS) is 13.9. The van der Waals surface area contributed by atoms with Crippen LogP contribution in [0.5, 0.6) is 0 Å². The van der Waals surface area contributed by atoms with Crippen molar-refractivity contribution in [2.75, 3.05) is 18.4 Å². The van der Waals surface area contributed by atoms with Crippen LogP contribution in [-0.2, 0) is 0 Å². The molecular weight excluding hydrogens is 405 g/mol. The molecule has 5 nitrogen and oxygen atoms in total. The monoisotopic (exact) mass is 425 g/mol. The highest BCUT2D eigenvalue weighted by Gasteiger charge is 2.20. The van der Waals surface area contributed by atoms with Gasteiger partial charge in [-0.25, -0.2) is 4.39 Å². The number of halogens is 2. The number of nitrogens with one attached hydrogen (secondary N) is 1. The Balaban J connectivity index is 1.53. The summed E-state index contributed by atoms with van der Waals surface area (Å²) in [5, 5.41) is 3.00. The molecule has 2 amide bonds. The molecule has 0 radical (unpaired) electrons. The molecule has 1 aliphatic rings. The van der Waals surface area contributed by atoms with E-state index in [0.29, 0.717) is 22.0 Å². The van der Waals surface area contributed by atoms with Crippen LogP contribution in [-0.4, -0.2) is 34.4 Å². The molecule has 1 aromatic heterocycles. The van der Waals surface area contributed by atoms with Crippen LogP contribution >= 0.6 is 11.6 Å². The van der Waals surface area contributed by atoms with Gasteiger partial charge in [-0.3, -0.25) is 9.59 Å². The number of carbonyl (C=O) groups is 2. The van der Waals surface area contributed by atoms with E-state index in [4.69, 9.17) is 11.6 Å². The zero-order valence-electron chi connectivity index (χ0n) is 16.3. The molecular formula is C23H21ClFN3O2. The number of hydrogen-bond acceptors (Lipinski definition) is 2. The van der Waals surface area contributed by atoms with E-state index in [2.05, 4.69) is 5.32 Å². The Bertz CT molecular complexity index is 1080. The van der Waals surface area contributed by atoms with E-state index >= 15 is 0 Å². The Kier molecular flexibility index (Phi) is 5.86. The number of aromatic nitrogens is 1. The van der Waals surface area contributed by atoms with Gasteiger partial charge in [-0.05, 0) is 67.8 Å². The van der Waals surface area contributed by atoms with Crippen molar-refractivity contribution < 1.29 is 14.0 Å². The average Bonchev–Trinajstić information content (AvgIpc) is 3.30. The van der Waals surface area contributed by atoms with Gasteiger partial charge in [0.25, 0.3) is 11.8 Å². The van der Waals surface area contributed by atoms with Crippen molar-refractivity contribution in [2.24, 2.45) is 0 Å². The molecule has 0 unspecified atom stereocenters. The van der Waals surface area contributed by atoms with Crippen LogP contribution in [0.2, 0.25) is 5.02 Å². The highest BCUT2D eigenvalue weighted by atomic mass is 35.5. The lowest BCUT2D eigenvalue weighted by atomic mass is 10.1. The zero-order chi connectivity index (χ0) is 21.1. The number of piperidine rings is 1. The number of nitrogens with zero attached hydrogens (tertiary/aromatic N) is 2. The van der Waals surface area contributed by atoms with Crippen molar-refractivity contribution in [1.82, 2.24) is 9.47 Å². The Morgan fingerprint density at radius 2 is 1.63 bits per heavy atom. The largest absolute Gasteiger partial charge is 0.339 e. The van der Waals surface area contributed by atoms with E-state index in [1.165, 1.54) is 6.07 Å². The zero-order valence-corrected chi connectivity index (χ0v) is 17.0. The second-order valence-corrected chi connectivity index (χ2v) is 7.67. The summed E-state index contributed by atoms with van der Waals surface area (Å²) in [4.78, 5) is 27.2. The number of anilines is 1. The van der Waals surface area contributed by atoms with Crippen LogP contribution in [0.1, 0.15) is 40.0 Å². The lowest BCUT2D eigenvalue weighted by Crippen LogP contribution is -2.35. The molecule has 1 N–H and O–H groups in total. The van der Waals surface area contributed by atoms with E-state index in [1.807, 2.05) is 4.90 Å². The van der Waals surface area contributed by atoms with Gasteiger partial charge in [0.2, 0.25) is 0 Å². The molecule has 154 valence electrons. The molecule has 2 aromatic carbocycles. The van der Waals surface area contributed by atoms with Crippen molar-refractivity contribution in [2.45, 2.75) is 19.3 Å². The SMILES string of the molecule is O=C(Nc1cc(C(=O)N2CCCCC2)ccc1Cl)c1ccc(-n2cccc2)c(F)c1. The predicted octanol–water partition coefficient (Wildman–Crippen LogP) is 5.15. The smallest absolute Gasteiger partial charge is 0.255 e. The van der Waals surface area contributed by atoms with Gasteiger partial charge in [0.1, 0.15) is 5.82 Å². The fourth-order valence-corrected chi connectivity index (χ4v) is 3.75. The molecule has 1 saturated heterocycles. The van der Waals surface area contributed by atoms with Gasteiger partial charge in [0, 0.05) is 36.6 Å². The summed E-state index contributed by atoms with van der Waals surface area (Å²) < 4.78 is 16.1. The topological polar surface area (TPSA) is 54.3 Å². The fourth-order valence-electron chi connectivity index (χ4n) is 3.58. The van der Waals surface area contributed by atoms with Crippen molar-refractivity contribution in [3.8, 4) is 5.69 Å².